The third-order valence-corrected chi connectivity index (χ3v) is 7.91. The average Bonchev–Trinajstić information content (AvgIpc) is 2.89. The SMILES string of the molecule is Cc1ccc(CN(C(=O)CCCN(c2ccc(C)cc2)S(C)(=O)=O)C(Cc2ccccc2)C(=O)NC(C)(C)C)cc1. The van der Waals surface area contributed by atoms with Crippen LogP contribution in [0, 0.1) is 13.8 Å². The Kier molecular flexibility index (Phi) is 10.7. The van der Waals surface area contributed by atoms with Crippen LogP contribution in [0.25, 0.3) is 0 Å². The van der Waals surface area contributed by atoms with Crippen LogP contribution in [0.2, 0.25) is 0 Å². The molecule has 0 aliphatic carbocycles. The lowest BCUT2D eigenvalue weighted by Crippen LogP contribution is -2.54. The molecule has 0 bridgehead atoms. The van der Waals surface area contributed by atoms with Crippen molar-refractivity contribution < 1.29 is 18.0 Å². The summed E-state index contributed by atoms with van der Waals surface area (Å²) in [5, 5.41) is 3.07. The van der Waals surface area contributed by atoms with Crippen LogP contribution in [0.1, 0.15) is 55.9 Å². The third-order valence-electron chi connectivity index (χ3n) is 6.72. The smallest absolute Gasteiger partial charge is 0.243 e. The highest BCUT2D eigenvalue weighted by atomic mass is 32.2. The van der Waals surface area contributed by atoms with Crippen LogP contribution in [-0.2, 0) is 32.6 Å². The molecule has 0 aromatic heterocycles. The third kappa shape index (κ3) is 10.0. The van der Waals surface area contributed by atoms with Gasteiger partial charge in [-0.25, -0.2) is 8.42 Å². The summed E-state index contributed by atoms with van der Waals surface area (Å²) < 4.78 is 26.5. The number of rotatable bonds is 12. The van der Waals surface area contributed by atoms with Gasteiger partial charge in [-0.2, -0.15) is 0 Å². The molecule has 0 aliphatic rings. The molecule has 220 valence electrons. The second-order valence-corrected chi connectivity index (χ2v) is 13.6. The lowest BCUT2D eigenvalue weighted by molar-refractivity contribution is -0.142. The second kappa shape index (κ2) is 13.8. The average molecular weight is 578 g/mol. The zero-order valence-corrected chi connectivity index (χ0v) is 25.9. The summed E-state index contributed by atoms with van der Waals surface area (Å²) in [4.78, 5) is 29.2. The second-order valence-electron chi connectivity index (χ2n) is 11.7. The van der Waals surface area contributed by atoms with Crippen molar-refractivity contribution in [3.63, 3.8) is 0 Å². The van der Waals surface area contributed by atoms with Gasteiger partial charge in [0.1, 0.15) is 6.04 Å². The fourth-order valence-corrected chi connectivity index (χ4v) is 5.58. The van der Waals surface area contributed by atoms with E-state index in [1.165, 1.54) is 10.6 Å². The van der Waals surface area contributed by atoms with Crippen molar-refractivity contribution in [2.45, 2.75) is 72.0 Å². The van der Waals surface area contributed by atoms with Crippen LogP contribution in [0.5, 0.6) is 0 Å². The molecule has 0 fully saturated rings. The van der Waals surface area contributed by atoms with Crippen molar-refractivity contribution in [2.24, 2.45) is 0 Å². The number of amides is 2. The first-order valence-corrected chi connectivity index (χ1v) is 15.8. The number of nitrogens with zero attached hydrogens (tertiary/aromatic N) is 2. The fraction of sp³-hybridized carbons (Fsp3) is 0.394. The minimum atomic E-state index is -3.55. The molecule has 0 aliphatic heterocycles. The van der Waals surface area contributed by atoms with Crippen molar-refractivity contribution in [2.75, 3.05) is 17.1 Å². The van der Waals surface area contributed by atoms with Crippen molar-refractivity contribution in [1.29, 1.82) is 0 Å². The molecule has 1 N–H and O–H groups in total. The van der Waals surface area contributed by atoms with Gasteiger partial charge >= 0.3 is 0 Å². The first-order chi connectivity index (χ1) is 19.2. The van der Waals surface area contributed by atoms with E-state index >= 15 is 0 Å². The molecule has 0 saturated heterocycles. The number of carbonyl (C=O) groups excluding carboxylic acids is 2. The van der Waals surface area contributed by atoms with Crippen LogP contribution < -0.4 is 9.62 Å². The number of hydrogen-bond donors (Lipinski definition) is 1. The van der Waals surface area contributed by atoms with Gasteiger partial charge in [0, 0.05) is 31.5 Å². The zero-order valence-electron chi connectivity index (χ0n) is 25.1. The molecular formula is C33H43N3O4S. The highest BCUT2D eigenvalue weighted by molar-refractivity contribution is 7.92. The minimum Gasteiger partial charge on any atom is -0.350 e. The van der Waals surface area contributed by atoms with Crippen LogP contribution in [0.3, 0.4) is 0 Å². The molecule has 1 unspecified atom stereocenters. The largest absolute Gasteiger partial charge is 0.350 e. The number of hydrogen-bond acceptors (Lipinski definition) is 4. The van der Waals surface area contributed by atoms with Gasteiger partial charge in [-0.05, 0) is 64.3 Å². The van der Waals surface area contributed by atoms with Crippen molar-refractivity contribution in [3.05, 3.63) is 101 Å². The molecule has 0 heterocycles. The first-order valence-electron chi connectivity index (χ1n) is 14.0. The number of aryl methyl sites for hydroxylation is 2. The summed E-state index contributed by atoms with van der Waals surface area (Å²) >= 11 is 0. The van der Waals surface area contributed by atoms with Crippen LogP contribution in [-0.4, -0.2) is 49.5 Å². The van der Waals surface area contributed by atoms with Gasteiger partial charge in [-0.1, -0.05) is 77.9 Å². The number of anilines is 1. The van der Waals surface area contributed by atoms with Crippen molar-refractivity contribution in [1.82, 2.24) is 10.2 Å². The van der Waals surface area contributed by atoms with Crippen LogP contribution >= 0.6 is 0 Å². The van der Waals surface area contributed by atoms with E-state index in [9.17, 15) is 18.0 Å². The summed E-state index contributed by atoms with van der Waals surface area (Å²) in [6.07, 6.45) is 1.94. The predicted octanol–water partition coefficient (Wildman–Crippen LogP) is 5.40. The van der Waals surface area contributed by atoms with Gasteiger partial charge in [0.15, 0.2) is 0 Å². The van der Waals surface area contributed by atoms with Gasteiger partial charge in [0.2, 0.25) is 21.8 Å². The molecular weight excluding hydrogens is 534 g/mol. The van der Waals surface area contributed by atoms with E-state index in [1.54, 1.807) is 17.0 Å². The zero-order chi connectivity index (χ0) is 30.2. The standard InChI is InChI=1S/C33H43N3O4S/c1-25-14-18-28(19-15-25)24-35(30(32(38)34-33(3,4)5)23-27-11-8-7-9-12-27)31(37)13-10-22-36(41(6,39)40)29-20-16-26(2)17-21-29/h7-9,11-12,14-21,30H,10,13,22-24H2,1-6H3,(H,34,38). The molecule has 3 rings (SSSR count). The molecule has 0 saturated carbocycles. The lowest BCUT2D eigenvalue weighted by Gasteiger charge is -2.34. The first kappa shape index (κ1) is 31.9. The maximum atomic E-state index is 13.9. The monoisotopic (exact) mass is 577 g/mol. The molecule has 3 aromatic carbocycles. The summed E-state index contributed by atoms with van der Waals surface area (Å²) in [6, 6.07) is 24.1. The molecule has 2 amide bonds. The maximum absolute atomic E-state index is 13.9. The Balaban J connectivity index is 1.89. The van der Waals surface area contributed by atoms with Gasteiger partial charge in [0.05, 0.1) is 11.9 Å². The molecule has 7 nitrogen and oxygen atoms in total. The quantitative estimate of drug-likeness (QED) is 0.312. The summed E-state index contributed by atoms with van der Waals surface area (Å²) in [5.74, 6) is -0.424. The lowest BCUT2D eigenvalue weighted by atomic mass is 10.00. The molecule has 8 heteroatoms. The Hall–Kier alpha value is -3.65. The van der Waals surface area contributed by atoms with E-state index < -0.39 is 21.6 Å². The van der Waals surface area contributed by atoms with E-state index in [2.05, 4.69) is 5.32 Å². The number of carbonyl (C=O) groups is 2. The molecule has 3 aromatic rings. The number of sulfonamides is 1. The van der Waals surface area contributed by atoms with Gasteiger partial charge in [-0.3, -0.25) is 13.9 Å². The molecule has 0 radical (unpaired) electrons. The van der Waals surface area contributed by atoms with Crippen LogP contribution in [0.15, 0.2) is 78.9 Å². The predicted molar refractivity (Wildman–Crippen MR) is 166 cm³/mol. The minimum absolute atomic E-state index is 0.0951. The van der Waals surface area contributed by atoms with E-state index in [4.69, 9.17) is 0 Å². The van der Waals surface area contributed by atoms with Crippen molar-refractivity contribution >= 4 is 27.5 Å². The summed E-state index contributed by atoms with van der Waals surface area (Å²) in [5.41, 5.74) is 4.09. The Morgan fingerprint density at radius 2 is 1.39 bits per heavy atom. The molecule has 1 atom stereocenters. The Morgan fingerprint density at radius 3 is 1.93 bits per heavy atom. The normalized spacial score (nSPS) is 12.4. The molecule has 0 spiro atoms. The highest BCUT2D eigenvalue weighted by Gasteiger charge is 2.32. The highest BCUT2D eigenvalue weighted by Crippen LogP contribution is 2.21. The van der Waals surface area contributed by atoms with Gasteiger partial charge in [0.25, 0.3) is 0 Å². The maximum Gasteiger partial charge on any atom is 0.243 e. The Bertz CT molecular complexity index is 1400. The molecule has 41 heavy (non-hydrogen) atoms. The van der Waals surface area contributed by atoms with E-state index in [1.807, 2.05) is 101 Å². The topological polar surface area (TPSA) is 86.8 Å². The Labute approximate surface area is 245 Å². The van der Waals surface area contributed by atoms with E-state index in [0.29, 0.717) is 18.5 Å². The van der Waals surface area contributed by atoms with E-state index in [-0.39, 0.29) is 31.3 Å². The number of nitrogens with one attached hydrogen (secondary N) is 1. The Morgan fingerprint density at radius 1 is 0.829 bits per heavy atom. The summed E-state index contributed by atoms with van der Waals surface area (Å²) in [6.45, 7) is 10.1. The van der Waals surface area contributed by atoms with Gasteiger partial charge < -0.3 is 10.2 Å². The fourth-order valence-electron chi connectivity index (χ4n) is 4.61. The van der Waals surface area contributed by atoms with E-state index in [0.717, 1.165) is 22.3 Å². The van der Waals surface area contributed by atoms with Gasteiger partial charge in [-0.15, -0.1) is 0 Å². The van der Waals surface area contributed by atoms with Crippen molar-refractivity contribution in [3.8, 4) is 0 Å². The number of benzene rings is 3. The summed E-state index contributed by atoms with van der Waals surface area (Å²) in [7, 11) is -3.55. The van der Waals surface area contributed by atoms with Crippen LogP contribution in [0.4, 0.5) is 5.69 Å².